The third-order valence-electron chi connectivity index (χ3n) is 2.65. The Kier molecular flexibility index (Phi) is 5.60. The minimum Gasteiger partial charge on any atom is -0.308 e. The van der Waals surface area contributed by atoms with Crippen molar-refractivity contribution in [2.24, 2.45) is 0 Å². The van der Waals surface area contributed by atoms with Gasteiger partial charge in [0.25, 0.3) is 0 Å². The van der Waals surface area contributed by atoms with Crippen LogP contribution in [0.3, 0.4) is 0 Å². The maximum absolute atomic E-state index is 12.2. The lowest BCUT2D eigenvalue weighted by Gasteiger charge is -2.13. The molecule has 0 saturated heterocycles. The first kappa shape index (κ1) is 17.0. The van der Waals surface area contributed by atoms with Gasteiger partial charge in [-0.05, 0) is 37.3 Å². The van der Waals surface area contributed by atoms with E-state index in [2.05, 4.69) is 25.8 Å². The molecule has 2 heterocycles. The molecule has 0 fully saturated rings. The van der Waals surface area contributed by atoms with Gasteiger partial charge in [-0.1, -0.05) is 35.0 Å². The number of carbonyl (C=O) groups is 1. The highest BCUT2D eigenvalue weighted by atomic mass is 35.5. The maximum atomic E-state index is 12.2. The molecule has 0 aromatic carbocycles. The number of halogens is 2. The number of nitrogens with one attached hydrogen (secondary N) is 1. The summed E-state index contributed by atoms with van der Waals surface area (Å²) in [6, 6.07) is 1.63. The summed E-state index contributed by atoms with van der Waals surface area (Å²) in [6.45, 7) is 5.67. The van der Waals surface area contributed by atoms with Crippen LogP contribution >= 0.6 is 35.0 Å². The van der Waals surface area contributed by atoms with Crippen molar-refractivity contribution in [2.45, 2.75) is 37.2 Å². The summed E-state index contributed by atoms with van der Waals surface area (Å²) in [5, 5.41) is 14.9. The molecule has 0 saturated carbocycles. The van der Waals surface area contributed by atoms with Gasteiger partial charge in [-0.25, -0.2) is 9.67 Å². The van der Waals surface area contributed by atoms with E-state index in [1.54, 1.807) is 11.6 Å². The van der Waals surface area contributed by atoms with Crippen LogP contribution in [0.1, 0.15) is 26.8 Å². The molecule has 1 atom stereocenters. The van der Waals surface area contributed by atoms with E-state index >= 15 is 0 Å². The van der Waals surface area contributed by atoms with Crippen LogP contribution in [0.25, 0.3) is 0 Å². The van der Waals surface area contributed by atoms with Crippen molar-refractivity contribution >= 4 is 46.7 Å². The van der Waals surface area contributed by atoms with Crippen LogP contribution in [0, 0.1) is 0 Å². The van der Waals surface area contributed by atoms with Gasteiger partial charge < -0.3 is 5.32 Å². The van der Waals surface area contributed by atoms with Crippen molar-refractivity contribution < 1.29 is 4.79 Å². The molecule has 10 heteroatoms. The average Bonchev–Trinajstić information content (AvgIpc) is 2.90. The van der Waals surface area contributed by atoms with Crippen LogP contribution in [-0.2, 0) is 4.79 Å². The fraction of sp³-hybridized carbons (Fsp3) is 0.417. The third kappa shape index (κ3) is 4.08. The van der Waals surface area contributed by atoms with Crippen molar-refractivity contribution in [3.63, 3.8) is 0 Å². The van der Waals surface area contributed by atoms with Gasteiger partial charge in [0.15, 0.2) is 5.82 Å². The first-order valence-electron chi connectivity index (χ1n) is 6.45. The van der Waals surface area contributed by atoms with Crippen molar-refractivity contribution in [3.8, 4) is 0 Å². The number of hydrogen-bond acceptors (Lipinski definition) is 6. The van der Waals surface area contributed by atoms with Gasteiger partial charge in [-0.15, -0.1) is 5.10 Å². The molecule has 1 unspecified atom stereocenters. The molecule has 2 aromatic rings. The highest BCUT2D eigenvalue weighted by Gasteiger charge is 2.20. The summed E-state index contributed by atoms with van der Waals surface area (Å²) in [5.74, 6) is 0.0204. The lowest BCUT2D eigenvalue weighted by Crippen LogP contribution is -2.23. The number of tetrazole rings is 1. The molecule has 0 aliphatic rings. The Balaban J connectivity index is 2.04. The van der Waals surface area contributed by atoms with Gasteiger partial charge in [0.1, 0.15) is 0 Å². The standard InChI is InChI=1S/C12H14Cl2N6OS/c1-6(2)20-12(17-18-19-20)22-7(3)11(21)16-10-9(14)4-8(13)5-15-10/h4-7H,1-3H3,(H,15,16,21). The average molecular weight is 361 g/mol. The zero-order chi connectivity index (χ0) is 16.3. The topological polar surface area (TPSA) is 85.6 Å². The number of aromatic nitrogens is 5. The zero-order valence-corrected chi connectivity index (χ0v) is 14.4. The number of amides is 1. The van der Waals surface area contributed by atoms with E-state index in [4.69, 9.17) is 23.2 Å². The summed E-state index contributed by atoms with van der Waals surface area (Å²) in [7, 11) is 0. The summed E-state index contributed by atoms with van der Waals surface area (Å²) in [5.41, 5.74) is 0. The summed E-state index contributed by atoms with van der Waals surface area (Å²) in [4.78, 5) is 16.2. The second kappa shape index (κ2) is 7.26. The van der Waals surface area contributed by atoms with Gasteiger partial charge in [0.05, 0.1) is 21.3 Å². The van der Waals surface area contributed by atoms with E-state index in [-0.39, 0.29) is 22.8 Å². The molecule has 22 heavy (non-hydrogen) atoms. The second-order valence-electron chi connectivity index (χ2n) is 4.73. The van der Waals surface area contributed by atoms with E-state index in [9.17, 15) is 4.79 Å². The summed E-state index contributed by atoms with van der Waals surface area (Å²) < 4.78 is 1.65. The van der Waals surface area contributed by atoms with Crippen molar-refractivity contribution in [2.75, 3.05) is 5.32 Å². The second-order valence-corrected chi connectivity index (χ2v) is 6.88. The predicted octanol–water partition coefficient (Wildman–Crippen LogP) is 3.08. The van der Waals surface area contributed by atoms with E-state index in [1.165, 1.54) is 24.0 Å². The Morgan fingerprint density at radius 2 is 2.09 bits per heavy atom. The Bertz CT molecular complexity index is 677. The summed E-state index contributed by atoms with van der Waals surface area (Å²) >= 11 is 13.0. The van der Waals surface area contributed by atoms with Gasteiger partial charge in [-0.3, -0.25) is 4.79 Å². The lowest BCUT2D eigenvalue weighted by molar-refractivity contribution is -0.115. The van der Waals surface area contributed by atoms with Crippen molar-refractivity contribution in [3.05, 3.63) is 22.3 Å². The Hall–Kier alpha value is -1.38. The number of nitrogens with zero attached hydrogens (tertiary/aromatic N) is 5. The van der Waals surface area contributed by atoms with Gasteiger partial charge >= 0.3 is 0 Å². The molecule has 1 N–H and O–H groups in total. The normalized spacial score (nSPS) is 12.5. The minimum atomic E-state index is -0.419. The van der Waals surface area contributed by atoms with Crippen LogP contribution in [0.15, 0.2) is 17.4 Å². The molecular formula is C12H14Cl2N6OS. The number of hydrogen-bond donors (Lipinski definition) is 1. The molecule has 0 bridgehead atoms. The molecule has 0 aliphatic heterocycles. The molecule has 118 valence electrons. The number of pyridine rings is 1. The van der Waals surface area contributed by atoms with E-state index < -0.39 is 5.25 Å². The molecule has 2 aromatic heterocycles. The zero-order valence-electron chi connectivity index (χ0n) is 12.1. The Morgan fingerprint density at radius 1 is 1.36 bits per heavy atom. The fourth-order valence-electron chi connectivity index (χ4n) is 1.52. The van der Waals surface area contributed by atoms with Gasteiger partial charge in [0, 0.05) is 6.20 Å². The molecule has 2 rings (SSSR count). The van der Waals surface area contributed by atoms with E-state index in [1.807, 2.05) is 13.8 Å². The number of rotatable bonds is 5. The highest BCUT2D eigenvalue weighted by molar-refractivity contribution is 8.00. The van der Waals surface area contributed by atoms with Crippen LogP contribution < -0.4 is 5.32 Å². The molecule has 0 aliphatic carbocycles. The predicted molar refractivity (Wildman–Crippen MR) is 86.4 cm³/mol. The van der Waals surface area contributed by atoms with Crippen LogP contribution in [-0.4, -0.2) is 36.3 Å². The molecule has 0 spiro atoms. The molecular weight excluding hydrogens is 347 g/mol. The lowest BCUT2D eigenvalue weighted by atomic mass is 10.4. The molecule has 0 radical (unpaired) electrons. The van der Waals surface area contributed by atoms with E-state index in [0.717, 1.165) is 0 Å². The maximum Gasteiger partial charge on any atom is 0.238 e. The Labute approximate surface area is 141 Å². The first-order chi connectivity index (χ1) is 10.4. The highest BCUT2D eigenvalue weighted by Crippen LogP contribution is 2.26. The van der Waals surface area contributed by atoms with Crippen LogP contribution in [0.4, 0.5) is 5.82 Å². The number of carbonyl (C=O) groups excluding carboxylic acids is 1. The number of anilines is 1. The van der Waals surface area contributed by atoms with Gasteiger partial charge in [-0.2, -0.15) is 0 Å². The number of thioether (sulfide) groups is 1. The SMILES string of the molecule is CC(Sc1nnnn1C(C)C)C(=O)Nc1ncc(Cl)cc1Cl. The van der Waals surface area contributed by atoms with E-state index in [0.29, 0.717) is 10.2 Å². The molecule has 1 amide bonds. The fourth-order valence-corrected chi connectivity index (χ4v) is 2.87. The van der Waals surface area contributed by atoms with Gasteiger partial charge in [0.2, 0.25) is 11.1 Å². The Morgan fingerprint density at radius 3 is 2.73 bits per heavy atom. The van der Waals surface area contributed by atoms with Crippen molar-refractivity contribution in [1.29, 1.82) is 0 Å². The largest absolute Gasteiger partial charge is 0.308 e. The summed E-state index contributed by atoms with van der Waals surface area (Å²) in [6.07, 6.45) is 1.42. The quantitative estimate of drug-likeness (QED) is 0.824. The smallest absolute Gasteiger partial charge is 0.238 e. The van der Waals surface area contributed by atoms with Crippen LogP contribution in [0.5, 0.6) is 0 Å². The monoisotopic (exact) mass is 360 g/mol. The van der Waals surface area contributed by atoms with Crippen LogP contribution in [0.2, 0.25) is 10.0 Å². The molecule has 7 nitrogen and oxygen atoms in total. The third-order valence-corrected chi connectivity index (χ3v) is 4.19. The first-order valence-corrected chi connectivity index (χ1v) is 8.08. The minimum absolute atomic E-state index is 0.111. The van der Waals surface area contributed by atoms with Crippen molar-refractivity contribution in [1.82, 2.24) is 25.2 Å².